The van der Waals surface area contributed by atoms with Crippen molar-refractivity contribution >= 4 is 27.2 Å². The number of nitrogens with zero attached hydrogens (tertiary/aromatic N) is 2. The molecule has 0 amide bonds. The molecule has 3 aromatic rings. The van der Waals surface area contributed by atoms with Gasteiger partial charge in [-0.25, -0.2) is 4.98 Å². The van der Waals surface area contributed by atoms with Gasteiger partial charge in [-0.15, -0.1) is 11.3 Å². The van der Waals surface area contributed by atoms with Crippen molar-refractivity contribution in [2.45, 2.75) is 32.4 Å². The van der Waals surface area contributed by atoms with Crippen LogP contribution in [0, 0.1) is 13.8 Å². The van der Waals surface area contributed by atoms with E-state index in [0.29, 0.717) is 6.04 Å². The molecule has 1 aliphatic heterocycles. The Bertz CT molecular complexity index is 1020. The van der Waals surface area contributed by atoms with Gasteiger partial charge in [-0.1, -0.05) is 6.07 Å². The van der Waals surface area contributed by atoms with Crippen molar-refractivity contribution < 1.29 is 4.74 Å². The fourth-order valence-corrected chi connectivity index (χ4v) is 5.41. The molecule has 1 aliphatic carbocycles. The number of ether oxygens (including phenoxy) is 1. The Kier molecular flexibility index (Phi) is 4.50. The minimum atomic E-state index is -0.00696. The number of thiazole rings is 1. The lowest BCUT2D eigenvalue weighted by atomic mass is 10.0. The Morgan fingerprint density at radius 3 is 2.82 bits per heavy atom. The first-order valence-corrected chi connectivity index (χ1v) is 10.8. The summed E-state index contributed by atoms with van der Waals surface area (Å²) in [7, 11) is 0. The van der Waals surface area contributed by atoms with Crippen molar-refractivity contribution in [2.24, 2.45) is 0 Å². The van der Waals surface area contributed by atoms with Crippen LogP contribution in [-0.2, 0) is 6.42 Å². The van der Waals surface area contributed by atoms with Crippen molar-refractivity contribution in [1.82, 2.24) is 15.2 Å². The van der Waals surface area contributed by atoms with Crippen molar-refractivity contribution in [2.75, 3.05) is 31.9 Å². The summed E-state index contributed by atoms with van der Waals surface area (Å²) < 4.78 is 7.85. The number of aromatic nitrogens is 1. The maximum Gasteiger partial charge on any atom is 0.140 e. The van der Waals surface area contributed by atoms with Gasteiger partial charge in [0.1, 0.15) is 11.9 Å². The van der Waals surface area contributed by atoms with E-state index in [-0.39, 0.29) is 6.10 Å². The zero-order chi connectivity index (χ0) is 19.3. The highest BCUT2D eigenvalue weighted by atomic mass is 32.1. The number of nitrogen functional groups attached to an aromatic ring is 1. The number of aryl methyl sites for hydroxylation is 2. The molecule has 1 aromatic heterocycles. The molecule has 5 nitrogen and oxygen atoms in total. The molecule has 1 fully saturated rings. The lowest BCUT2D eigenvalue weighted by molar-refractivity contribution is 0.0694. The second kappa shape index (κ2) is 7.03. The molecule has 146 valence electrons. The van der Waals surface area contributed by atoms with Gasteiger partial charge in [-0.3, -0.25) is 4.90 Å². The van der Waals surface area contributed by atoms with Crippen molar-refractivity contribution in [1.29, 1.82) is 0 Å². The molecule has 0 radical (unpaired) electrons. The first-order chi connectivity index (χ1) is 13.6. The minimum absolute atomic E-state index is 0.00696. The van der Waals surface area contributed by atoms with E-state index in [0.717, 1.165) is 54.6 Å². The lowest BCUT2D eigenvalue weighted by Crippen LogP contribution is -2.50. The third-order valence-corrected chi connectivity index (χ3v) is 6.83. The topological polar surface area (TPSA) is 63.4 Å². The van der Waals surface area contributed by atoms with Gasteiger partial charge in [0.05, 0.1) is 21.3 Å². The van der Waals surface area contributed by atoms with Crippen LogP contribution in [0.3, 0.4) is 0 Å². The van der Waals surface area contributed by atoms with Gasteiger partial charge in [0.2, 0.25) is 0 Å². The number of hydrogen-bond acceptors (Lipinski definition) is 6. The fourth-order valence-electron chi connectivity index (χ4n) is 4.60. The standard InChI is InChI=1S/C22H26N4OS/c1-13-9-17-16(18(23)10-13)12-20(26-7-5-24-6-8-26)22(17)27-15-3-4-21-19(11-15)25-14(2)28-21/h3-4,9-11,20,22,24H,5-8,12,23H2,1-2H3. The van der Waals surface area contributed by atoms with E-state index in [9.17, 15) is 0 Å². The van der Waals surface area contributed by atoms with Gasteiger partial charge in [-0.05, 0) is 55.2 Å². The molecule has 0 bridgehead atoms. The number of benzene rings is 2. The number of hydrogen-bond donors (Lipinski definition) is 2. The van der Waals surface area contributed by atoms with Gasteiger partial charge >= 0.3 is 0 Å². The molecule has 1 saturated heterocycles. The Morgan fingerprint density at radius 1 is 1.18 bits per heavy atom. The molecule has 3 N–H and O–H groups in total. The zero-order valence-corrected chi connectivity index (χ0v) is 17.2. The number of piperazine rings is 1. The Morgan fingerprint density at radius 2 is 2.00 bits per heavy atom. The normalized spacial score (nSPS) is 22.5. The van der Waals surface area contributed by atoms with Crippen LogP contribution in [0.15, 0.2) is 30.3 Å². The van der Waals surface area contributed by atoms with Crippen LogP contribution in [0.1, 0.15) is 27.8 Å². The average molecular weight is 395 g/mol. The molecular weight excluding hydrogens is 368 g/mol. The summed E-state index contributed by atoms with van der Waals surface area (Å²) in [6, 6.07) is 10.9. The third-order valence-electron chi connectivity index (χ3n) is 5.88. The van der Waals surface area contributed by atoms with Crippen molar-refractivity contribution in [3.05, 3.63) is 52.0 Å². The number of rotatable bonds is 3. The van der Waals surface area contributed by atoms with E-state index in [4.69, 9.17) is 10.5 Å². The smallest absolute Gasteiger partial charge is 0.140 e. The van der Waals surface area contributed by atoms with E-state index in [1.54, 1.807) is 11.3 Å². The summed E-state index contributed by atoms with van der Waals surface area (Å²) in [6.45, 7) is 8.29. The van der Waals surface area contributed by atoms with E-state index in [1.165, 1.54) is 21.4 Å². The maximum atomic E-state index is 6.64. The zero-order valence-electron chi connectivity index (χ0n) is 16.4. The second-order valence-electron chi connectivity index (χ2n) is 7.88. The predicted octanol–water partition coefficient (Wildman–Crippen LogP) is 3.45. The largest absolute Gasteiger partial charge is 0.484 e. The average Bonchev–Trinajstić information content (AvgIpc) is 3.22. The Hall–Kier alpha value is -2.15. The second-order valence-corrected chi connectivity index (χ2v) is 9.12. The van der Waals surface area contributed by atoms with E-state index in [1.807, 2.05) is 6.92 Å². The molecule has 2 unspecified atom stereocenters. The Labute approximate surface area is 169 Å². The summed E-state index contributed by atoms with van der Waals surface area (Å²) in [5, 5.41) is 4.54. The number of anilines is 1. The van der Waals surface area contributed by atoms with E-state index < -0.39 is 0 Å². The van der Waals surface area contributed by atoms with E-state index >= 15 is 0 Å². The van der Waals surface area contributed by atoms with Gasteiger partial charge in [-0.2, -0.15) is 0 Å². The highest BCUT2D eigenvalue weighted by molar-refractivity contribution is 7.18. The fraction of sp³-hybridized carbons (Fsp3) is 0.409. The monoisotopic (exact) mass is 394 g/mol. The van der Waals surface area contributed by atoms with Gasteiger partial charge in [0, 0.05) is 37.9 Å². The van der Waals surface area contributed by atoms with Gasteiger partial charge in [0.15, 0.2) is 0 Å². The maximum absolute atomic E-state index is 6.64. The summed E-state index contributed by atoms with van der Waals surface area (Å²) >= 11 is 1.72. The number of nitrogens with one attached hydrogen (secondary N) is 1. The van der Waals surface area contributed by atoms with Crippen LogP contribution < -0.4 is 15.8 Å². The summed E-state index contributed by atoms with van der Waals surface area (Å²) in [5.41, 5.74) is 12.0. The summed E-state index contributed by atoms with van der Waals surface area (Å²) in [6.07, 6.45) is 0.942. The van der Waals surface area contributed by atoms with Crippen LogP contribution in [0.2, 0.25) is 0 Å². The SMILES string of the molecule is Cc1cc(N)c2c(c1)C(Oc1ccc3sc(C)nc3c1)C(N1CCNCC1)C2. The highest BCUT2D eigenvalue weighted by Crippen LogP contribution is 2.41. The summed E-state index contributed by atoms with van der Waals surface area (Å²) in [4.78, 5) is 7.19. The Balaban J connectivity index is 1.52. The van der Waals surface area contributed by atoms with Gasteiger partial charge < -0.3 is 15.8 Å². The number of nitrogens with two attached hydrogens (primary N) is 1. The predicted molar refractivity (Wildman–Crippen MR) is 115 cm³/mol. The first-order valence-electron chi connectivity index (χ1n) is 9.96. The third kappa shape index (κ3) is 3.15. The molecule has 2 atom stereocenters. The van der Waals surface area contributed by atoms with Gasteiger partial charge in [0.25, 0.3) is 0 Å². The molecule has 2 aliphatic rings. The summed E-state index contributed by atoms with van der Waals surface area (Å²) in [5.74, 6) is 0.885. The number of fused-ring (bicyclic) bond motifs is 2. The minimum Gasteiger partial charge on any atom is -0.484 e. The highest BCUT2D eigenvalue weighted by Gasteiger charge is 2.39. The molecule has 2 heterocycles. The van der Waals surface area contributed by atoms with Crippen LogP contribution in [-0.4, -0.2) is 42.1 Å². The lowest BCUT2D eigenvalue weighted by Gasteiger charge is -2.36. The quantitative estimate of drug-likeness (QED) is 0.666. The molecule has 28 heavy (non-hydrogen) atoms. The molecular formula is C22H26N4OS. The van der Waals surface area contributed by atoms with Crippen LogP contribution in [0.25, 0.3) is 10.2 Å². The molecule has 6 heteroatoms. The molecule has 0 saturated carbocycles. The van der Waals surface area contributed by atoms with E-state index in [2.05, 4.69) is 52.5 Å². The van der Waals surface area contributed by atoms with Crippen LogP contribution in [0.5, 0.6) is 5.75 Å². The molecule has 2 aromatic carbocycles. The molecule has 5 rings (SSSR count). The molecule has 0 spiro atoms. The van der Waals surface area contributed by atoms with Crippen LogP contribution >= 0.6 is 11.3 Å². The van der Waals surface area contributed by atoms with Crippen LogP contribution in [0.4, 0.5) is 5.69 Å². The van der Waals surface area contributed by atoms with Crippen molar-refractivity contribution in [3.63, 3.8) is 0 Å². The van der Waals surface area contributed by atoms with Crippen molar-refractivity contribution in [3.8, 4) is 5.75 Å². The first kappa shape index (κ1) is 17.9.